The Balaban J connectivity index is 1.72. The third kappa shape index (κ3) is 1.88. The van der Waals surface area contributed by atoms with Gasteiger partial charge in [-0.1, -0.05) is 11.3 Å². The number of nitrogen functional groups attached to an aromatic ring is 1. The number of nitrogens with zero attached hydrogens (tertiary/aromatic N) is 2. The van der Waals surface area contributed by atoms with Crippen molar-refractivity contribution >= 4 is 32.4 Å². The number of anilines is 2. The first-order chi connectivity index (χ1) is 9.31. The smallest absolute Gasteiger partial charge is 0.186 e. The van der Waals surface area contributed by atoms with E-state index in [9.17, 15) is 0 Å². The van der Waals surface area contributed by atoms with E-state index in [1.54, 1.807) is 11.3 Å². The van der Waals surface area contributed by atoms with E-state index in [1.807, 2.05) is 18.2 Å². The summed E-state index contributed by atoms with van der Waals surface area (Å²) in [7, 11) is 0. The highest BCUT2D eigenvalue weighted by Crippen LogP contribution is 2.37. The fourth-order valence-corrected chi connectivity index (χ4v) is 4.31. The third-order valence-electron chi connectivity index (χ3n) is 4.13. The standard InChI is InChI=1S/C14H17N3OS/c15-9-4-5-10-13(8-9)19-14(16-10)17-6-7-18-12-3-1-2-11(12)17/h4-5,8,11-12H,1-3,6-7,15H2. The Bertz CT molecular complexity index is 612. The van der Waals surface area contributed by atoms with Crippen LogP contribution in [-0.2, 0) is 4.74 Å². The highest BCUT2D eigenvalue weighted by Gasteiger charge is 2.37. The maximum absolute atomic E-state index is 5.86. The maximum Gasteiger partial charge on any atom is 0.186 e. The number of hydrogen-bond donors (Lipinski definition) is 1. The topological polar surface area (TPSA) is 51.4 Å². The summed E-state index contributed by atoms with van der Waals surface area (Å²) in [6, 6.07) is 6.47. The number of aromatic nitrogens is 1. The first-order valence-electron chi connectivity index (χ1n) is 6.85. The molecule has 1 aromatic carbocycles. The molecule has 2 heterocycles. The van der Waals surface area contributed by atoms with Crippen molar-refractivity contribution in [3.05, 3.63) is 18.2 Å². The second kappa shape index (κ2) is 4.35. The van der Waals surface area contributed by atoms with Crippen LogP contribution in [-0.4, -0.2) is 30.3 Å². The second-order valence-electron chi connectivity index (χ2n) is 5.32. The summed E-state index contributed by atoms with van der Waals surface area (Å²) < 4.78 is 7.04. The van der Waals surface area contributed by atoms with Gasteiger partial charge in [0.25, 0.3) is 0 Å². The van der Waals surface area contributed by atoms with Gasteiger partial charge < -0.3 is 15.4 Å². The zero-order valence-corrected chi connectivity index (χ0v) is 11.5. The van der Waals surface area contributed by atoms with Crippen molar-refractivity contribution in [1.82, 2.24) is 4.98 Å². The molecule has 4 nitrogen and oxygen atoms in total. The van der Waals surface area contributed by atoms with Crippen LogP contribution in [0.25, 0.3) is 10.2 Å². The Morgan fingerprint density at radius 1 is 1.37 bits per heavy atom. The first-order valence-corrected chi connectivity index (χ1v) is 7.67. The van der Waals surface area contributed by atoms with Gasteiger partial charge in [0.05, 0.1) is 29.0 Å². The average Bonchev–Trinajstić information content (AvgIpc) is 3.03. The number of benzene rings is 1. The van der Waals surface area contributed by atoms with Gasteiger partial charge in [0.1, 0.15) is 0 Å². The van der Waals surface area contributed by atoms with Crippen molar-refractivity contribution < 1.29 is 4.74 Å². The van der Waals surface area contributed by atoms with Gasteiger partial charge >= 0.3 is 0 Å². The summed E-state index contributed by atoms with van der Waals surface area (Å²) in [5, 5.41) is 1.13. The van der Waals surface area contributed by atoms with Crippen molar-refractivity contribution in [1.29, 1.82) is 0 Å². The Morgan fingerprint density at radius 2 is 2.32 bits per heavy atom. The molecule has 1 aliphatic heterocycles. The van der Waals surface area contributed by atoms with E-state index < -0.39 is 0 Å². The van der Waals surface area contributed by atoms with Crippen LogP contribution in [0.15, 0.2) is 18.2 Å². The van der Waals surface area contributed by atoms with Gasteiger partial charge in [-0.2, -0.15) is 0 Å². The Kier molecular flexibility index (Phi) is 2.63. The minimum Gasteiger partial charge on any atom is -0.399 e. The molecule has 0 spiro atoms. The zero-order valence-electron chi connectivity index (χ0n) is 10.7. The van der Waals surface area contributed by atoms with Crippen molar-refractivity contribution in [3.63, 3.8) is 0 Å². The Hall–Kier alpha value is -1.33. The van der Waals surface area contributed by atoms with Crippen molar-refractivity contribution in [2.45, 2.75) is 31.4 Å². The molecule has 2 unspecified atom stereocenters. The van der Waals surface area contributed by atoms with E-state index in [1.165, 1.54) is 24.0 Å². The summed E-state index contributed by atoms with van der Waals surface area (Å²) in [6.07, 6.45) is 4.09. The molecule has 0 radical (unpaired) electrons. The molecule has 4 rings (SSSR count). The van der Waals surface area contributed by atoms with Gasteiger partial charge in [-0.15, -0.1) is 0 Å². The highest BCUT2D eigenvalue weighted by molar-refractivity contribution is 7.22. The molecule has 0 amide bonds. The minimum atomic E-state index is 0.408. The largest absolute Gasteiger partial charge is 0.399 e. The van der Waals surface area contributed by atoms with Crippen LogP contribution in [0.2, 0.25) is 0 Å². The summed E-state index contributed by atoms with van der Waals surface area (Å²) in [5.41, 5.74) is 7.70. The van der Waals surface area contributed by atoms with Crippen LogP contribution >= 0.6 is 11.3 Å². The molecule has 1 saturated carbocycles. The Labute approximate surface area is 116 Å². The molecule has 5 heteroatoms. The number of ether oxygens (including phenoxy) is 1. The van der Waals surface area contributed by atoms with E-state index in [-0.39, 0.29) is 0 Å². The van der Waals surface area contributed by atoms with Gasteiger partial charge in [-0.25, -0.2) is 4.98 Å². The fourth-order valence-electron chi connectivity index (χ4n) is 3.22. The average molecular weight is 275 g/mol. The number of morpholine rings is 1. The number of rotatable bonds is 1. The lowest BCUT2D eigenvalue weighted by Crippen LogP contribution is -2.48. The highest BCUT2D eigenvalue weighted by atomic mass is 32.1. The molecule has 1 aliphatic carbocycles. The van der Waals surface area contributed by atoms with Crippen LogP contribution in [0, 0.1) is 0 Å². The first kappa shape index (κ1) is 11.5. The quantitative estimate of drug-likeness (QED) is 0.813. The van der Waals surface area contributed by atoms with E-state index in [2.05, 4.69) is 4.90 Å². The van der Waals surface area contributed by atoms with Gasteiger partial charge in [-0.3, -0.25) is 0 Å². The monoisotopic (exact) mass is 275 g/mol. The summed E-state index contributed by atoms with van der Waals surface area (Å²) in [6.45, 7) is 1.77. The molecule has 19 heavy (non-hydrogen) atoms. The van der Waals surface area contributed by atoms with Crippen LogP contribution < -0.4 is 10.6 Å². The van der Waals surface area contributed by atoms with Gasteiger partial charge in [0.2, 0.25) is 0 Å². The maximum atomic E-state index is 5.86. The molecule has 2 aliphatic rings. The summed E-state index contributed by atoms with van der Waals surface area (Å²) >= 11 is 1.75. The summed E-state index contributed by atoms with van der Waals surface area (Å²) in [5.74, 6) is 0. The molecular weight excluding hydrogens is 258 g/mol. The molecule has 2 N–H and O–H groups in total. The van der Waals surface area contributed by atoms with E-state index >= 15 is 0 Å². The normalized spacial score (nSPS) is 26.8. The van der Waals surface area contributed by atoms with Crippen LogP contribution in [0.3, 0.4) is 0 Å². The second-order valence-corrected chi connectivity index (χ2v) is 6.33. The van der Waals surface area contributed by atoms with Crippen molar-refractivity contribution in [2.75, 3.05) is 23.8 Å². The SMILES string of the molecule is Nc1ccc2nc(N3CCOC4CCCC43)sc2c1. The van der Waals surface area contributed by atoms with Crippen LogP contribution in [0.5, 0.6) is 0 Å². The lowest BCUT2D eigenvalue weighted by molar-refractivity contribution is 0.0256. The molecule has 2 fully saturated rings. The minimum absolute atomic E-state index is 0.408. The van der Waals surface area contributed by atoms with Gasteiger partial charge in [0.15, 0.2) is 5.13 Å². The molecule has 2 atom stereocenters. The molecule has 2 aromatic rings. The van der Waals surface area contributed by atoms with E-state index in [4.69, 9.17) is 15.5 Å². The van der Waals surface area contributed by atoms with Crippen LogP contribution in [0.4, 0.5) is 10.8 Å². The lowest BCUT2D eigenvalue weighted by Gasteiger charge is -2.37. The van der Waals surface area contributed by atoms with Crippen molar-refractivity contribution in [3.8, 4) is 0 Å². The zero-order chi connectivity index (χ0) is 12.8. The molecular formula is C14H17N3OS. The molecule has 1 aromatic heterocycles. The molecule has 1 saturated heterocycles. The number of fused-ring (bicyclic) bond motifs is 2. The predicted molar refractivity (Wildman–Crippen MR) is 78.8 cm³/mol. The summed E-state index contributed by atoms with van der Waals surface area (Å²) in [4.78, 5) is 7.22. The van der Waals surface area contributed by atoms with Crippen molar-refractivity contribution in [2.24, 2.45) is 0 Å². The van der Waals surface area contributed by atoms with Gasteiger partial charge in [0, 0.05) is 12.2 Å². The number of thiazole rings is 1. The number of nitrogens with two attached hydrogens (primary N) is 1. The van der Waals surface area contributed by atoms with Crippen LogP contribution in [0.1, 0.15) is 19.3 Å². The van der Waals surface area contributed by atoms with E-state index in [0.717, 1.165) is 29.5 Å². The molecule has 0 bridgehead atoms. The molecule has 100 valence electrons. The number of hydrogen-bond acceptors (Lipinski definition) is 5. The predicted octanol–water partition coefficient (Wildman–Crippen LogP) is 2.64. The van der Waals surface area contributed by atoms with Gasteiger partial charge in [-0.05, 0) is 37.5 Å². The Morgan fingerprint density at radius 3 is 3.26 bits per heavy atom. The van der Waals surface area contributed by atoms with E-state index in [0.29, 0.717) is 12.1 Å². The third-order valence-corrected chi connectivity index (χ3v) is 5.18. The lowest BCUT2D eigenvalue weighted by atomic mass is 10.1. The fraction of sp³-hybridized carbons (Fsp3) is 0.500.